The summed E-state index contributed by atoms with van der Waals surface area (Å²) in [6, 6.07) is 16.6. The molecule has 3 aromatic rings. The summed E-state index contributed by atoms with van der Waals surface area (Å²) < 4.78 is 7.12. The van der Waals surface area contributed by atoms with Gasteiger partial charge in [0.25, 0.3) is 11.8 Å². The van der Waals surface area contributed by atoms with Gasteiger partial charge in [0.15, 0.2) is 0 Å². The maximum Gasteiger partial charge on any atom is 0.269 e. The summed E-state index contributed by atoms with van der Waals surface area (Å²) in [6.45, 7) is 3.09. The normalized spacial score (nSPS) is 10.7. The van der Waals surface area contributed by atoms with Crippen LogP contribution >= 0.6 is 0 Å². The van der Waals surface area contributed by atoms with Crippen LogP contribution in [0.2, 0.25) is 0 Å². The molecular weight excluding hydrogens is 368 g/mol. The molecule has 0 atom stereocenters. The van der Waals surface area contributed by atoms with Gasteiger partial charge in [-0.2, -0.15) is 5.10 Å². The van der Waals surface area contributed by atoms with Crippen LogP contribution in [0.3, 0.4) is 0 Å². The molecule has 7 heteroatoms. The summed E-state index contributed by atoms with van der Waals surface area (Å²) in [7, 11) is 0. The van der Waals surface area contributed by atoms with E-state index >= 15 is 0 Å². The van der Waals surface area contributed by atoms with Crippen LogP contribution in [0.1, 0.15) is 28.4 Å². The standard InChI is InChI=1S/C22H22N4O3/c1-2-29-20-11-9-19(10-12-20)22(28)25-24-21(27)13-8-18-14-23-26(16-18)15-17-6-4-3-5-7-17/h3-14,16H,2,15H2,1H3,(H,24,27)(H,25,28)/b13-8+. The monoisotopic (exact) mass is 390 g/mol. The van der Waals surface area contributed by atoms with Gasteiger partial charge < -0.3 is 4.74 Å². The molecule has 2 aromatic carbocycles. The minimum absolute atomic E-state index is 0.412. The van der Waals surface area contributed by atoms with E-state index in [9.17, 15) is 9.59 Å². The van der Waals surface area contributed by atoms with Crippen LogP contribution in [0, 0.1) is 0 Å². The Morgan fingerprint density at radius 2 is 1.83 bits per heavy atom. The molecule has 0 fully saturated rings. The summed E-state index contributed by atoms with van der Waals surface area (Å²) in [6.07, 6.45) is 6.48. The van der Waals surface area contributed by atoms with Gasteiger partial charge in [0.2, 0.25) is 0 Å². The lowest BCUT2D eigenvalue weighted by molar-refractivity contribution is -0.117. The molecule has 1 heterocycles. The highest BCUT2D eigenvalue weighted by Crippen LogP contribution is 2.11. The van der Waals surface area contributed by atoms with Crippen molar-refractivity contribution in [2.75, 3.05) is 6.61 Å². The molecular formula is C22H22N4O3. The Bertz CT molecular complexity index is 979. The van der Waals surface area contributed by atoms with Crippen molar-refractivity contribution in [3.05, 3.63) is 89.8 Å². The summed E-state index contributed by atoms with van der Waals surface area (Å²) >= 11 is 0. The second-order valence-corrected chi connectivity index (χ2v) is 6.19. The van der Waals surface area contributed by atoms with Crippen LogP contribution in [0.25, 0.3) is 6.08 Å². The predicted molar refractivity (Wildman–Crippen MR) is 110 cm³/mol. The first-order chi connectivity index (χ1) is 14.1. The lowest BCUT2D eigenvalue weighted by Crippen LogP contribution is -2.40. The third kappa shape index (κ3) is 6.07. The summed E-state index contributed by atoms with van der Waals surface area (Å²) in [5.41, 5.74) is 7.07. The van der Waals surface area contributed by atoms with E-state index in [0.29, 0.717) is 24.5 Å². The zero-order chi connectivity index (χ0) is 20.5. The summed E-state index contributed by atoms with van der Waals surface area (Å²) in [4.78, 5) is 24.0. The Morgan fingerprint density at radius 1 is 1.07 bits per heavy atom. The molecule has 2 amide bonds. The highest BCUT2D eigenvalue weighted by Gasteiger charge is 2.06. The van der Waals surface area contributed by atoms with Crippen LogP contribution in [-0.2, 0) is 11.3 Å². The number of carbonyl (C=O) groups excluding carboxylic acids is 2. The molecule has 2 N–H and O–H groups in total. The van der Waals surface area contributed by atoms with Gasteiger partial charge in [0.05, 0.1) is 19.3 Å². The molecule has 0 aliphatic carbocycles. The molecule has 0 saturated heterocycles. The van der Waals surface area contributed by atoms with E-state index in [1.165, 1.54) is 6.08 Å². The van der Waals surface area contributed by atoms with E-state index in [2.05, 4.69) is 16.0 Å². The van der Waals surface area contributed by atoms with Crippen LogP contribution in [0.15, 0.2) is 73.1 Å². The number of nitrogens with zero attached hydrogens (tertiary/aromatic N) is 2. The first-order valence-electron chi connectivity index (χ1n) is 9.21. The molecule has 3 rings (SSSR count). The number of hydrazine groups is 1. The minimum Gasteiger partial charge on any atom is -0.494 e. The Morgan fingerprint density at radius 3 is 2.55 bits per heavy atom. The number of rotatable bonds is 7. The fraction of sp³-hybridized carbons (Fsp3) is 0.136. The van der Waals surface area contributed by atoms with E-state index in [1.54, 1.807) is 41.2 Å². The Balaban J connectivity index is 1.47. The number of hydrogen-bond acceptors (Lipinski definition) is 4. The lowest BCUT2D eigenvalue weighted by Gasteiger charge is -2.06. The third-order valence-electron chi connectivity index (χ3n) is 3.99. The quantitative estimate of drug-likeness (QED) is 0.480. The molecule has 7 nitrogen and oxygen atoms in total. The van der Waals surface area contributed by atoms with Gasteiger partial charge in [-0.1, -0.05) is 30.3 Å². The molecule has 1 aromatic heterocycles. The highest BCUT2D eigenvalue weighted by molar-refractivity contribution is 5.97. The topological polar surface area (TPSA) is 85.2 Å². The average Bonchev–Trinajstić information content (AvgIpc) is 3.19. The average molecular weight is 390 g/mol. The van der Waals surface area contributed by atoms with Crippen LogP contribution in [0.4, 0.5) is 0 Å². The van der Waals surface area contributed by atoms with Crippen LogP contribution < -0.4 is 15.6 Å². The number of hydrogen-bond donors (Lipinski definition) is 2. The zero-order valence-electron chi connectivity index (χ0n) is 16.0. The number of benzene rings is 2. The number of carbonyl (C=O) groups is 2. The molecule has 29 heavy (non-hydrogen) atoms. The van der Waals surface area contributed by atoms with E-state index < -0.39 is 11.8 Å². The summed E-state index contributed by atoms with van der Waals surface area (Å²) in [5, 5.41) is 4.28. The van der Waals surface area contributed by atoms with Crippen molar-refractivity contribution in [2.24, 2.45) is 0 Å². The molecule has 0 unspecified atom stereocenters. The van der Waals surface area contributed by atoms with E-state index in [4.69, 9.17) is 4.74 Å². The fourth-order valence-electron chi connectivity index (χ4n) is 2.60. The van der Waals surface area contributed by atoms with Crippen molar-refractivity contribution in [1.82, 2.24) is 20.6 Å². The van der Waals surface area contributed by atoms with Gasteiger partial charge in [-0.15, -0.1) is 0 Å². The van der Waals surface area contributed by atoms with Gasteiger partial charge in [-0.25, -0.2) is 0 Å². The maximum absolute atomic E-state index is 12.1. The molecule has 0 aliphatic heterocycles. The number of aromatic nitrogens is 2. The molecule has 0 spiro atoms. The van der Waals surface area contributed by atoms with Crippen molar-refractivity contribution in [3.8, 4) is 5.75 Å². The number of nitrogens with one attached hydrogen (secondary N) is 2. The van der Waals surface area contributed by atoms with Crippen molar-refractivity contribution in [2.45, 2.75) is 13.5 Å². The van der Waals surface area contributed by atoms with Crippen LogP contribution in [0.5, 0.6) is 5.75 Å². The molecule has 0 aliphatic rings. The van der Waals surface area contributed by atoms with Gasteiger partial charge in [0, 0.05) is 23.4 Å². The first kappa shape index (κ1) is 19.9. The van der Waals surface area contributed by atoms with Crippen molar-refractivity contribution in [1.29, 1.82) is 0 Å². The van der Waals surface area contributed by atoms with Gasteiger partial charge in [-0.3, -0.25) is 25.1 Å². The SMILES string of the molecule is CCOc1ccc(C(=O)NNC(=O)/C=C/c2cnn(Cc3ccccc3)c2)cc1. The van der Waals surface area contributed by atoms with Crippen molar-refractivity contribution in [3.63, 3.8) is 0 Å². The van der Waals surface area contributed by atoms with Gasteiger partial charge in [0.1, 0.15) is 5.75 Å². The second-order valence-electron chi connectivity index (χ2n) is 6.19. The smallest absolute Gasteiger partial charge is 0.269 e. The van der Waals surface area contributed by atoms with E-state index in [1.807, 2.05) is 43.5 Å². The Hall–Kier alpha value is -3.87. The van der Waals surface area contributed by atoms with Gasteiger partial charge >= 0.3 is 0 Å². The lowest BCUT2D eigenvalue weighted by atomic mass is 10.2. The molecule has 0 saturated carbocycles. The second kappa shape index (κ2) is 9.89. The zero-order valence-corrected chi connectivity index (χ0v) is 16.0. The van der Waals surface area contributed by atoms with Gasteiger partial charge in [-0.05, 0) is 42.8 Å². The number of ether oxygens (including phenoxy) is 1. The van der Waals surface area contributed by atoms with E-state index in [-0.39, 0.29) is 0 Å². The van der Waals surface area contributed by atoms with Crippen molar-refractivity contribution >= 4 is 17.9 Å². The highest BCUT2D eigenvalue weighted by atomic mass is 16.5. The van der Waals surface area contributed by atoms with Crippen molar-refractivity contribution < 1.29 is 14.3 Å². The van der Waals surface area contributed by atoms with Crippen LogP contribution in [-0.4, -0.2) is 28.2 Å². The predicted octanol–water partition coefficient (Wildman–Crippen LogP) is 2.80. The Kier molecular flexibility index (Phi) is 6.78. The van der Waals surface area contributed by atoms with E-state index in [0.717, 1.165) is 11.1 Å². The number of amides is 2. The minimum atomic E-state index is -0.444. The molecule has 0 radical (unpaired) electrons. The molecule has 148 valence electrons. The summed E-state index contributed by atoms with van der Waals surface area (Å²) in [5.74, 6) is -0.172. The molecule has 0 bridgehead atoms. The largest absolute Gasteiger partial charge is 0.494 e. The maximum atomic E-state index is 12.1. The Labute approximate surface area is 169 Å². The fourth-order valence-corrected chi connectivity index (χ4v) is 2.60. The first-order valence-corrected chi connectivity index (χ1v) is 9.21. The third-order valence-corrected chi connectivity index (χ3v) is 3.99.